The van der Waals surface area contributed by atoms with Crippen LogP contribution in [0.4, 0.5) is 5.82 Å². The molecule has 0 radical (unpaired) electrons. The maximum atomic E-state index is 5.66. The molecule has 3 N–H and O–H groups in total. The number of nitrogens with zero attached hydrogens (tertiary/aromatic N) is 2. The van der Waals surface area contributed by atoms with E-state index in [1.807, 2.05) is 13.8 Å². The third-order valence-corrected chi connectivity index (χ3v) is 1.65. The summed E-state index contributed by atoms with van der Waals surface area (Å²) in [4.78, 5) is 8.27. The van der Waals surface area contributed by atoms with Crippen LogP contribution < -0.4 is 5.73 Å². The molecule has 4 nitrogen and oxygen atoms in total. The number of rotatable bonds is 2. The monoisotopic (exact) mass is 180 g/mol. The minimum atomic E-state index is 0.624. The predicted octanol–water partition coefficient (Wildman–Crippen LogP) is 1.45. The van der Waals surface area contributed by atoms with Crippen molar-refractivity contribution in [3.05, 3.63) is 17.6 Å². The van der Waals surface area contributed by atoms with Gasteiger partial charge in [-0.15, -0.1) is 0 Å². The maximum absolute atomic E-state index is 5.66. The van der Waals surface area contributed by atoms with Crippen LogP contribution in [0.15, 0.2) is 6.20 Å². The van der Waals surface area contributed by atoms with Crippen LogP contribution in [0, 0.1) is 5.41 Å². The largest absolute Gasteiger partial charge is 0.383 e. The Morgan fingerprint density at radius 3 is 2.38 bits per heavy atom. The lowest BCUT2D eigenvalue weighted by molar-refractivity contribution is 0.921. The Labute approximate surface area is 78.7 Å². The van der Waals surface area contributed by atoms with Crippen molar-refractivity contribution in [2.75, 3.05) is 5.73 Å². The Hall–Kier alpha value is -1.45. The predicted molar refractivity (Wildman–Crippen MR) is 55.0 cm³/mol. The summed E-state index contributed by atoms with van der Waals surface area (Å²) < 4.78 is 0. The molecule has 1 aromatic rings. The molecule has 0 saturated heterocycles. The Morgan fingerprint density at radius 2 is 2.00 bits per heavy atom. The highest BCUT2D eigenvalue weighted by Gasteiger charge is 1.99. The van der Waals surface area contributed by atoms with E-state index in [2.05, 4.69) is 16.7 Å². The van der Waals surface area contributed by atoms with E-state index in [1.54, 1.807) is 6.20 Å². The molecule has 0 amide bonds. The van der Waals surface area contributed by atoms with Crippen molar-refractivity contribution in [1.82, 2.24) is 9.97 Å². The van der Waals surface area contributed by atoms with Gasteiger partial charge in [-0.25, -0.2) is 9.97 Å². The van der Waals surface area contributed by atoms with Gasteiger partial charge in [0.05, 0.1) is 0 Å². The second kappa shape index (κ2) is 6.11. The minimum Gasteiger partial charge on any atom is -0.383 e. The van der Waals surface area contributed by atoms with Crippen LogP contribution in [-0.2, 0) is 12.8 Å². The average molecular weight is 180 g/mol. The number of hydrogen-bond donors (Lipinski definition) is 2. The van der Waals surface area contributed by atoms with Crippen LogP contribution in [0.25, 0.3) is 0 Å². The van der Waals surface area contributed by atoms with Gasteiger partial charge in [-0.3, -0.25) is 0 Å². The lowest BCUT2D eigenvalue weighted by Crippen LogP contribution is -2.02. The summed E-state index contributed by atoms with van der Waals surface area (Å²) in [7, 11) is 0. The van der Waals surface area contributed by atoms with Crippen molar-refractivity contribution in [3.8, 4) is 0 Å². The summed E-state index contributed by atoms with van der Waals surface area (Å²) in [5.41, 5.74) is 6.69. The first kappa shape index (κ1) is 11.6. The van der Waals surface area contributed by atoms with Crippen molar-refractivity contribution < 1.29 is 0 Å². The van der Waals surface area contributed by atoms with Crippen molar-refractivity contribution >= 4 is 12.5 Å². The number of anilines is 1. The molecule has 1 rings (SSSR count). The second-order valence-electron chi connectivity index (χ2n) is 2.40. The van der Waals surface area contributed by atoms with Gasteiger partial charge < -0.3 is 11.1 Å². The summed E-state index contributed by atoms with van der Waals surface area (Å²) in [6.07, 6.45) is 3.55. The van der Waals surface area contributed by atoms with Crippen molar-refractivity contribution in [2.45, 2.75) is 26.7 Å². The summed E-state index contributed by atoms with van der Waals surface area (Å²) in [5, 5.41) is 5.50. The van der Waals surface area contributed by atoms with E-state index in [-0.39, 0.29) is 0 Å². The molecular formula is C9H16N4. The summed E-state index contributed by atoms with van der Waals surface area (Å²) in [6.45, 7) is 6.56. The molecule has 0 bridgehead atoms. The highest BCUT2D eigenvalue weighted by Crippen LogP contribution is 2.07. The standard InChI is InChI=1S/C8H13N3.CH3N/c1-3-6-5-10-7(4-2)11-8(6)9;1-2/h5H,3-4H2,1-2H3,(H2,9,10,11);2H,1H2. The molecule has 1 aromatic heterocycles. The normalized spacial score (nSPS) is 8.77. The van der Waals surface area contributed by atoms with E-state index in [0.717, 1.165) is 24.2 Å². The third-order valence-electron chi connectivity index (χ3n) is 1.65. The Kier molecular flexibility index (Phi) is 5.43. The van der Waals surface area contributed by atoms with E-state index in [9.17, 15) is 0 Å². The molecule has 0 saturated carbocycles. The Morgan fingerprint density at radius 1 is 1.38 bits per heavy atom. The first-order chi connectivity index (χ1) is 6.27. The topological polar surface area (TPSA) is 75.7 Å². The van der Waals surface area contributed by atoms with Crippen LogP contribution in [0.2, 0.25) is 0 Å². The number of nitrogens with two attached hydrogens (primary N) is 1. The summed E-state index contributed by atoms with van der Waals surface area (Å²) in [5.74, 6) is 1.44. The van der Waals surface area contributed by atoms with Crippen LogP contribution in [0.3, 0.4) is 0 Å². The number of hydrogen-bond acceptors (Lipinski definition) is 4. The molecular weight excluding hydrogens is 164 g/mol. The number of nitrogens with one attached hydrogen (secondary N) is 1. The van der Waals surface area contributed by atoms with Crippen molar-refractivity contribution in [1.29, 1.82) is 5.41 Å². The van der Waals surface area contributed by atoms with Crippen molar-refractivity contribution in [2.24, 2.45) is 0 Å². The minimum absolute atomic E-state index is 0.624. The number of aryl methyl sites for hydroxylation is 2. The van der Waals surface area contributed by atoms with Gasteiger partial charge in [0.25, 0.3) is 0 Å². The Balaban J connectivity index is 0.000000671. The Bertz CT molecular complexity index is 260. The molecule has 0 unspecified atom stereocenters. The van der Waals surface area contributed by atoms with Gasteiger partial charge in [0, 0.05) is 18.2 Å². The summed E-state index contributed by atoms with van der Waals surface area (Å²) >= 11 is 0. The summed E-state index contributed by atoms with van der Waals surface area (Å²) in [6, 6.07) is 0. The van der Waals surface area contributed by atoms with Gasteiger partial charge in [-0.1, -0.05) is 13.8 Å². The molecule has 13 heavy (non-hydrogen) atoms. The van der Waals surface area contributed by atoms with E-state index in [1.165, 1.54) is 0 Å². The third kappa shape index (κ3) is 3.19. The number of nitrogen functional groups attached to an aromatic ring is 1. The molecule has 0 aliphatic carbocycles. The van der Waals surface area contributed by atoms with E-state index >= 15 is 0 Å². The smallest absolute Gasteiger partial charge is 0.130 e. The fraction of sp³-hybridized carbons (Fsp3) is 0.444. The van der Waals surface area contributed by atoms with Crippen LogP contribution in [0.1, 0.15) is 25.2 Å². The molecule has 1 heterocycles. The van der Waals surface area contributed by atoms with Crippen molar-refractivity contribution in [3.63, 3.8) is 0 Å². The van der Waals surface area contributed by atoms with Crippen LogP contribution in [0.5, 0.6) is 0 Å². The van der Waals surface area contributed by atoms with Gasteiger partial charge in [0.15, 0.2) is 0 Å². The molecule has 0 atom stereocenters. The van der Waals surface area contributed by atoms with Gasteiger partial charge >= 0.3 is 0 Å². The first-order valence-electron chi connectivity index (χ1n) is 4.23. The fourth-order valence-electron chi connectivity index (χ4n) is 0.901. The molecule has 0 aliphatic rings. The maximum Gasteiger partial charge on any atom is 0.130 e. The van der Waals surface area contributed by atoms with Gasteiger partial charge in [0.1, 0.15) is 11.6 Å². The van der Waals surface area contributed by atoms with Crippen LogP contribution in [-0.4, -0.2) is 16.7 Å². The van der Waals surface area contributed by atoms with Gasteiger partial charge in [-0.2, -0.15) is 0 Å². The lowest BCUT2D eigenvalue weighted by atomic mass is 10.2. The van der Waals surface area contributed by atoms with Gasteiger partial charge in [0.2, 0.25) is 0 Å². The van der Waals surface area contributed by atoms with Crippen LogP contribution >= 0.6 is 0 Å². The molecule has 0 aromatic carbocycles. The lowest BCUT2D eigenvalue weighted by Gasteiger charge is -2.01. The van der Waals surface area contributed by atoms with E-state index in [4.69, 9.17) is 11.1 Å². The second-order valence-corrected chi connectivity index (χ2v) is 2.40. The zero-order valence-corrected chi connectivity index (χ0v) is 8.17. The SMILES string of the molecule is C=N.CCc1ncc(CC)c(N)n1. The first-order valence-corrected chi connectivity index (χ1v) is 4.23. The molecule has 4 heteroatoms. The quantitative estimate of drug-likeness (QED) is 0.676. The molecule has 0 spiro atoms. The molecule has 0 fully saturated rings. The zero-order valence-electron chi connectivity index (χ0n) is 8.17. The van der Waals surface area contributed by atoms with Gasteiger partial charge in [-0.05, 0) is 13.1 Å². The highest BCUT2D eigenvalue weighted by molar-refractivity contribution is 5.37. The van der Waals surface area contributed by atoms with E-state index in [0.29, 0.717) is 5.82 Å². The zero-order chi connectivity index (χ0) is 10.3. The van der Waals surface area contributed by atoms with E-state index < -0.39 is 0 Å². The highest BCUT2D eigenvalue weighted by atomic mass is 14.9. The average Bonchev–Trinajstić information content (AvgIpc) is 2.20. The number of aromatic nitrogens is 2. The fourth-order valence-corrected chi connectivity index (χ4v) is 0.901. The molecule has 72 valence electrons. The molecule has 0 aliphatic heterocycles.